The van der Waals surface area contributed by atoms with Crippen LogP contribution in [0.4, 0.5) is 17.1 Å². The maximum absolute atomic E-state index is 11.7. The maximum atomic E-state index is 11.7. The Bertz CT molecular complexity index is 1080. The smallest absolute Gasteiger partial charge is 0.299 e. The van der Waals surface area contributed by atoms with E-state index in [1.54, 1.807) is 6.08 Å². The van der Waals surface area contributed by atoms with Crippen LogP contribution in [0.5, 0.6) is 0 Å². The second kappa shape index (κ2) is 20.2. The zero-order valence-corrected chi connectivity index (χ0v) is 25.6. The van der Waals surface area contributed by atoms with Crippen LogP contribution < -0.4 is 10.6 Å². The Morgan fingerprint density at radius 2 is 1.52 bits per heavy atom. The summed E-state index contributed by atoms with van der Waals surface area (Å²) in [6.07, 6.45) is 13.4. The first-order valence-electron chi connectivity index (χ1n) is 15.7. The highest BCUT2D eigenvalue weighted by molar-refractivity contribution is 5.65. The quantitative estimate of drug-likeness (QED) is 0.0427. The van der Waals surface area contributed by atoms with Gasteiger partial charge in [-0.05, 0) is 24.5 Å². The third-order valence-corrected chi connectivity index (χ3v) is 8.02. The van der Waals surface area contributed by atoms with Gasteiger partial charge in [-0.3, -0.25) is 20.2 Å². The summed E-state index contributed by atoms with van der Waals surface area (Å²) in [6.45, 7) is 1.61. The first-order valence-corrected chi connectivity index (χ1v) is 15.7. The molecule has 2 rings (SSSR count). The SMILES string of the molecule is CCCCCCCCCCCCC/C=C/[C@@H](O)C(CNC1C=C(CO)[C@@H](O)C(O)[C@H]1O)Nc1ccc([N+](=O)[O-])cc1[N+](=O)[O-]. The molecule has 0 saturated heterocycles. The van der Waals surface area contributed by atoms with Crippen molar-refractivity contribution in [3.8, 4) is 0 Å². The normalized spacial score (nSPS) is 21.6. The molecule has 44 heavy (non-hydrogen) atoms. The molecule has 7 N–H and O–H groups in total. The van der Waals surface area contributed by atoms with Crippen molar-refractivity contribution in [2.24, 2.45) is 0 Å². The zero-order chi connectivity index (χ0) is 32.5. The van der Waals surface area contributed by atoms with Crippen LogP contribution in [0.2, 0.25) is 0 Å². The first kappa shape index (κ1) is 37.2. The number of benzene rings is 1. The number of nitrogens with zero attached hydrogens (tertiary/aromatic N) is 2. The first-order chi connectivity index (χ1) is 21.1. The van der Waals surface area contributed by atoms with Crippen molar-refractivity contribution in [3.05, 3.63) is 62.2 Å². The number of nitro benzene ring substituents is 2. The molecule has 1 aromatic carbocycles. The van der Waals surface area contributed by atoms with Gasteiger partial charge in [0.25, 0.3) is 11.4 Å². The van der Waals surface area contributed by atoms with Gasteiger partial charge in [0, 0.05) is 12.6 Å². The minimum Gasteiger partial charge on any atom is -0.392 e. The number of nitro groups is 2. The molecule has 0 spiro atoms. The predicted octanol–water partition coefficient (Wildman–Crippen LogP) is 3.87. The average Bonchev–Trinajstić information content (AvgIpc) is 3.00. The third kappa shape index (κ3) is 12.2. The number of non-ortho nitro benzene ring substituents is 1. The highest BCUT2D eigenvalue weighted by atomic mass is 16.6. The number of hydrogen-bond donors (Lipinski definition) is 7. The Kier molecular flexibility index (Phi) is 17.1. The third-order valence-electron chi connectivity index (χ3n) is 8.02. The highest BCUT2D eigenvalue weighted by Gasteiger charge is 2.37. The molecule has 248 valence electrons. The van der Waals surface area contributed by atoms with Crippen molar-refractivity contribution in [1.82, 2.24) is 5.32 Å². The van der Waals surface area contributed by atoms with E-state index in [0.717, 1.165) is 37.8 Å². The molecule has 0 aliphatic heterocycles. The van der Waals surface area contributed by atoms with Crippen LogP contribution in [0.1, 0.15) is 84.0 Å². The van der Waals surface area contributed by atoms with E-state index in [9.17, 15) is 45.8 Å². The summed E-state index contributed by atoms with van der Waals surface area (Å²) in [6, 6.07) is 1.35. The minimum atomic E-state index is -1.56. The van der Waals surface area contributed by atoms with Crippen molar-refractivity contribution in [1.29, 1.82) is 0 Å². The van der Waals surface area contributed by atoms with Gasteiger partial charge >= 0.3 is 0 Å². The lowest BCUT2D eigenvalue weighted by Crippen LogP contribution is -2.56. The van der Waals surface area contributed by atoms with Crippen molar-refractivity contribution in [3.63, 3.8) is 0 Å². The lowest BCUT2D eigenvalue weighted by molar-refractivity contribution is -0.393. The van der Waals surface area contributed by atoms with Crippen LogP contribution in [0.3, 0.4) is 0 Å². The number of nitrogens with one attached hydrogen (secondary N) is 2. The molecule has 6 atom stereocenters. The molecule has 0 heterocycles. The molecule has 1 aromatic rings. The summed E-state index contributed by atoms with van der Waals surface area (Å²) in [5, 5.41) is 79.9. The number of hydrogen-bond acceptors (Lipinski definition) is 11. The number of allylic oxidation sites excluding steroid dienone is 1. The van der Waals surface area contributed by atoms with Gasteiger partial charge in [-0.1, -0.05) is 89.4 Å². The molecular weight excluding hydrogens is 572 g/mol. The Hall–Kier alpha value is -2.94. The van der Waals surface area contributed by atoms with Gasteiger partial charge in [-0.25, -0.2) is 0 Å². The van der Waals surface area contributed by atoms with Crippen LogP contribution in [-0.4, -0.2) is 85.0 Å². The second-order valence-corrected chi connectivity index (χ2v) is 11.5. The zero-order valence-electron chi connectivity index (χ0n) is 25.6. The Morgan fingerprint density at radius 1 is 0.909 bits per heavy atom. The summed E-state index contributed by atoms with van der Waals surface area (Å²) in [4.78, 5) is 21.3. The maximum Gasteiger partial charge on any atom is 0.299 e. The van der Waals surface area contributed by atoms with Crippen LogP contribution in [0, 0.1) is 20.2 Å². The van der Waals surface area contributed by atoms with E-state index in [-0.39, 0.29) is 17.8 Å². The second-order valence-electron chi connectivity index (χ2n) is 11.5. The summed E-state index contributed by atoms with van der Waals surface area (Å²) >= 11 is 0. The van der Waals surface area contributed by atoms with Crippen LogP contribution in [0.25, 0.3) is 0 Å². The number of aliphatic hydroxyl groups is 5. The van der Waals surface area contributed by atoms with Crippen LogP contribution in [-0.2, 0) is 0 Å². The van der Waals surface area contributed by atoms with Crippen molar-refractivity contribution in [2.45, 2.75) is 120 Å². The van der Waals surface area contributed by atoms with E-state index in [1.165, 1.54) is 63.5 Å². The van der Waals surface area contributed by atoms with Crippen LogP contribution in [0.15, 0.2) is 42.0 Å². The molecule has 1 aliphatic rings. The molecule has 0 saturated carbocycles. The van der Waals surface area contributed by atoms with Crippen molar-refractivity contribution in [2.75, 3.05) is 18.5 Å². The fraction of sp³-hybridized carbons (Fsp3) is 0.677. The number of anilines is 1. The van der Waals surface area contributed by atoms with Gasteiger partial charge in [-0.2, -0.15) is 0 Å². The molecule has 0 amide bonds. The van der Waals surface area contributed by atoms with E-state index < -0.39 is 64.3 Å². The largest absolute Gasteiger partial charge is 0.392 e. The van der Waals surface area contributed by atoms with Crippen LogP contribution >= 0.6 is 0 Å². The van der Waals surface area contributed by atoms with Crippen molar-refractivity contribution < 1.29 is 35.4 Å². The molecular formula is C31H50N4O9. The molecule has 0 fully saturated rings. The van der Waals surface area contributed by atoms with E-state index in [1.807, 2.05) is 6.08 Å². The fourth-order valence-electron chi connectivity index (χ4n) is 5.30. The Labute approximate surface area is 259 Å². The van der Waals surface area contributed by atoms with Gasteiger partial charge in [0.2, 0.25) is 0 Å². The topological polar surface area (TPSA) is 211 Å². The van der Waals surface area contributed by atoms with Gasteiger partial charge < -0.3 is 36.2 Å². The summed E-state index contributed by atoms with van der Waals surface area (Å²) in [7, 11) is 0. The molecule has 1 aliphatic carbocycles. The lowest BCUT2D eigenvalue weighted by atomic mass is 9.88. The van der Waals surface area contributed by atoms with Gasteiger partial charge in [0.15, 0.2) is 0 Å². The van der Waals surface area contributed by atoms with E-state index >= 15 is 0 Å². The molecule has 0 bridgehead atoms. The summed E-state index contributed by atoms with van der Waals surface area (Å²) in [5.41, 5.74) is -0.927. The molecule has 3 unspecified atom stereocenters. The molecule has 0 radical (unpaired) electrons. The van der Waals surface area contributed by atoms with Crippen molar-refractivity contribution >= 4 is 17.1 Å². The highest BCUT2D eigenvalue weighted by Crippen LogP contribution is 2.30. The van der Waals surface area contributed by atoms with Gasteiger partial charge in [0.05, 0.1) is 40.7 Å². The number of rotatable bonds is 22. The van der Waals surface area contributed by atoms with E-state index in [4.69, 9.17) is 0 Å². The average molecular weight is 623 g/mol. The monoisotopic (exact) mass is 622 g/mol. The summed E-state index contributed by atoms with van der Waals surface area (Å²) in [5.74, 6) is 0. The number of aliphatic hydroxyl groups excluding tert-OH is 5. The van der Waals surface area contributed by atoms with Gasteiger partial charge in [-0.15, -0.1) is 0 Å². The van der Waals surface area contributed by atoms with Gasteiger partial charge in [0.1, 0.15) is 24.0 Å². The fourth-order valence-corrected chi connectivity index (χ4v) is 5.30. The lowest BCUT2D eigenvalue weighted by Gasteiger charge is -2.35. The minimum absolute atomic E-state index is 0.0450. The van der Waals surface area contributed by atoms with E-state index in [2.05, 4.69) is 17.6 Å². The summed E-state index contributed by atoms with van der Waals surface area (Å²) < 4.78 is 0. The Morgan fingerprint density at radius 3 is 2.09 bits per heavy atom. The predicted molar refractivity (Wildman–Crippen MR) is 168 cm³/mol. The Balaban J connectivity index is 2.01. The van der Waals surface area contributed by atoms with E-state index in [0.29, 0.717) is 0 Å². The molecule has 13 heteroatoms. The molecule has 0 aromatic heterocycles. The number of unbranched alkanes of at least 4 members (excludes halogenated alkanes) is 11. The standard InChI is InChI=1S/C31H50N4O9/c1-2-3-4-5-6-7-8-9-10-11-12-13-14-15-28(37)26(20-32-25-18-22(21-36)29(38)31(40)30(25)39)33-24-17-16-23(34(41)42)19-27(24)35(43)44/h14-19,25-26,28-33,36-40H,2-13,20-21H2,1H3/b15-14+/t25?,26?,28-,29-,30+,31?/m1/s1. The molecule has 13 nitrogen and oxygen atoms in total.